The minimum atomic E-state index is -0.246. The van der Waals surface area contributed by atoms with E-state index in [1.807, 2.05) is 97.1 Å². The second kappa shape index (κ2) is 8.05. The maximum Gasteiger partial charge on any atom is 0.256 e. The van der Waals surface area contributed by atoms with E-state index in [1.54, 1.807) is 7.11 Å². The van der Waals surface area contributed by atoms with E-state index < -0.39 is 0 Å². The number of furan rings is 1. The number of benzene rings is 4. The number of methoxy groups -OCH3 is 1. The van der Waals surface area contributed by atoms with Crippen molar-refractivity contribution in [3.63, 3.8) is 0 Å². The van der Waals surface area contributed by atoms with Crippen molar-refractivity contribution in [3.8, 4) is 17.0 Å². The van der Waals surface area contributed by atoms with Crippen LogP contribution in [-0.2, 0) is 0 Å². The fourth-order valence-corrected chi connectivity index (χ4v) is 4.33. The van der Waals surface area contributed by atoms with Gasteiger partial charge in [-0.3, -0.25) is 4.79 Å². The molecule has 0 spiro atoms. The highest BCUT2D eigenvalue weighted by Crippen LogP contribution is 2.37. The first-order valence-electron chi connectivity index (χ1n) is 11.0. The molecule has 5 heteroatoms. The SMILES string of the molecule is COc1cc2c(cc1NC(=O)c1cc(-c3ccccc3)nc3ccccc13)oc1ccccc12. The van der Waals surface area contributed by atoms with Gasteiger partial charge in [0.05, 0.1) is 29.6 Å². The molecule has 2 aromatic heterocycles. The number of pyridine rings is 1. The van der Waals surface area contributed by atoms with Crippen molar-refractivity contribution in [3.05, 3.63) is 103 Å². The minimum Gasteiger partial charge on any atom is -0.495 e. The van der Waals surface area contributed by atoms with E-state index in [2.05, 4.69) is 5.32 Å². The summed E-state index contributed by atoms with van der Waals surface area (Å²) >= 11 is 0. The average Bonchev–Trinajstić information content (AvgIpc) is 3.25. The van der Waals surface area contributed by atoms with Crippen molar-refractivity contribution in [1.82, 2.24) is 4.98 Å². The van der Waals surface area contributed by atoms with Crippen LogP contribution < -0.4 is 10.1 Å². The van der Waals surface area contributed by atoms with Gasteiger partial charge in [0, 0.05) is 27.8 Å². The maximum atomic E-state index is 13.6. The largest absolute Gasteiger partial charge is 0.495 e. The fraction of sp³-hybridized carbons (Fsp3) is 0.0345. The van der Waals surface area contributed by atoms with E-state index in [4.69, 9.17) is 14.1 Å². The number of amides is 1. The molecule has 0 aliphatic carbocycles. The molecule has 164 valence electrons. The summed E-state index contributed by atoms with van der Waals surface area (Å²) in [4.78, 5) is 18.3. The van der Waals surface area contributed by atoms with Crippen LogP contribution in [0.3, 0.4) is 0 Å². The summed E-state index contributed by atoms with van der Waals surface area (Å²) in [5.74, 6) is 0.318. The normalized spacial score (nSPS) is 11.2. The molecule has 0 unspecified atom stereocenters. The Kier molecular flexibility index (Phi) is 4.73. The van der Waals surface area contributed by atoms with Gasteiger partial charge in [-0.25, -0.2) is 4.98 Å². The van der Waals surface area contributed by atoms with Crippen LogP contribution in [0.1, 0.15) is 10.4 Å². The van der Waals surface area contributed by atoms with Gasteiger partial charge in [0.25, 0.3) is 5.91 Å². The Morgan fingerprint density at radius 1 is 0.794 bits per heavy atom. The second-order valence-corrected chi connectivity index (χ2v) is 8.04. The quantitative estimate of drug-likeness (QED) is 0.316. The number of carbonyl (C=O) groups is 1. The molecular formula is C29H20N2O3. The Bertz CT molecular complexity index is 1690. The fourth-order valence-electron chi connectivity index (χ4n) is 4.33. The molecule has 6 aromatic rings. The minimum absolute atomic E-state index is 0.246. The molecule has 0 aliphatic rings. The number of hydrogen-bond donors (Lipinski definition) is 1. The van der Waals surface area contributed by atoms with Crippen LogP contribution in [0.5, 0.6) is 5.75 Å². The van der Waals surface area contributed by atoms with E-state index in [0.717, 1.165) is 38.5 Å². The Morgan fingerprint density at radius 3 is 2.35 bits per heavy atom. The summed E-state index contributed by atoms with van der Waals surface area (Å²) in [6.45, 7) is 0. The Labute approximate surface area is 195 Å². The number of ether oxygens (including phenoxy) is 1. The van der Waals surface area contributed by atoms with Crippen molar-refractivity contribution in [2.75, 3.05) is 12.4 Å². The number of nitrogens with zero attached hydrogens (tertiary/aromatic N) is 1. The average molecular weight is 444 g/mol. The Hall–Kier alpha value is -4.64. The molecule has 0 saturated carbocycles. The molecule has 0 fully saturated rings. The van der Waals surface area contributed by atoms with Crippen molar-refractivity contribution in [2.45, 2.75) is 0 Å². The highest BCUT2D eigenvalue weighted by atomic mass is 16.5. The van der Waals surface area contributed by atoms with Crippen molar-refractivity contribution < 1.29 is 13.9 Å². The van der Waals surface area contributed by atoms with Crippen molar-refractivity contribution >= 4 is 44.4 Å². The van der Waals surface area contributed by atoms with E-state index >= 15 is 0 Å². The summed E-state index contributed by atoms with van der Waals surface area (Å²) in [6.07, 6.45) is 0. The number of hydrogen-bond acceptors (Lipinski definition) is 4. The van der Waals surface area contributed by atoms with Crippen molar-refractivity contribution in [1.29, 1.82) is 0 Å². The van der Waals surface area contributed by atoms with E-state index in [1.165, 1.54) is 0 Å². The van der Waals surface area contributed by atoms with Gasteiger partial charge >= 0.3 is 0 Å². The van der Waals surface area contributed by atoms with Crippen LogP contribution in [-0.4, -0.2) is 18.0 Å². The number of para-hydroxylation sites is 2. The molecule has 0 bridgehead atoms. The van der Waals surface area contributed by atoms with Gasteiger partial charge in [-0.15, -0.1) is 0 Å². The van der Waals surface area contributed by atoms with Crippen molar-refractivity contribution in [2.24, 2.45) is 0 Å². The lowest BCUT2D eigenvalue weighted by Gasteiger charge is -2.13. The number of rotatable bonds is 4. The summed E-state index contributed by atoms with van der Waals surface area (Å²) in [6, 6.07) is 30.9. The highest BCUT2D eigenvalue weighted by molar-refractivity contribution is 6.15. The molecule has 6 rings (SSSR count). The Balaban J connectivity index is 1.46. The first kappa shape index (κ1) is 20.0. The highest BCUT2D eigenvalue weighted by Gasteiger charge is 2.18. The van der Waals surface area contributed by atoms with Crippen LogP contribution in [0.15, 0.2) is 101 Å². The standard InChI is InChI=1S/C29H20N2O3/c1-33-28-16-21-20-12-6-8-14-26(20)34-27(21)17-25(28)31-29(32)22-15-24(18-9-3-2-4-10-18)30-23-13-7-5-11-19(22)23/h2-17H,1H3,(H,31,32). The number of nitrogens with one attached hydrogen (secondary N) is 1. The zero-order valence-electron chi connectivity index (χ0n) is 18.4. The van der Waals surface area contributed by atoms with Gasteiger partial charge in [-0.05, 0) is 24.3 Å². The number of carbonyl (C=O) groups excluding carboxylic acids is 1. The molecule has 2 heterocycles. The number of aromatic nitrogens is 1. The second-order valence-electron chi connectivity index (χ2n) is 8.04. The number of anilines is 1. The van der Waals surface area contributed by atoms with Crippen LogP contribution in [0, 0.1) is 0 Å². The molecule has 1 N–H and O–H groups in total. The maximum absolute atomic E-state index is 13.6. The van der Waals surface area contributed by atoms with Crippen LogP contribution in [0.25, 0.3) is 44.1 Å². The smallest absolute Gasteiger partial charge is 0.256 e. The van der Waals surface area contributed by atoms with E-state index in [-0.39, 0.29) is 5.91 Å². The van der Waals surface area contributed by atoms with Crippen LogP contribution in [0.4, 0.5) is 5.69 Å². The summed E-state index contributed by atoms with van der Waals surface area (Å²) in [5.41, 5.74) is 5.00. The number of fused-ring (bicyclic) bond motifs is 4. The van der Waals surface area contributed by atoms with E-state index in [9.17, 15) is 4.79 Å². The van der Waals surface area contributed by atoms with E-state index in [0.29, 0.717) is 22.6 Å². The third kappa shape index (κ3) is 3.35. The molecule has 0 aliphatic heterocycles. The van der Waals surface area contributed by atoms with Gasteiger partial charge < -0.3 is 14.5 Å². The van der Waals surface area contributed by atoms with Gasteiger partial charge in [-0.2, -0.15) is 0 Å². The van der Waals surface area contributed by atoms with Gasteiger partial charge in [0.15, 0.2) is 0 Å². The monoisotopic (exact) mass is 444 g/mol. The van der Waals surface area contributed by atoms with Gasteiger partial charge in [0.1, 0.15) is 16.9 Å². The van der Waals surface area contributed by atoms with Gasteiger partial charge in [0.2, 0.25) is 0 Å². The predicted octanol–water partition coefficient (Wildman–Crippen LogP) is 7.06. The zero-order valence-corrected chi connectivity index (χ0v) is 18.4. The third-order valence-corrected chi connectivity index (χ3v) is 5.98. The first-order chi connectivity index (χ1) is 16.7. The summed E-state index contributed by atoms with van der Waals surface area (Å²) in [5, 5.41) is 5.75. The topological polar surface area (TPSA) is 64.4 Å². The molecular weight excluding hydrogens is 424 g/mol. The third-order valence-electron chi connectivity index (χ3n) is 5.98. The molecule has 0 radical (unpaired) electrons. The molecule has 1 amide bonds. The molecule has 34 heavy (non-hydrogen) atoms. The zero-order chi connectivity index (χ0) is 23.1. The van der Waals surface area contributed by atoms with Crippen LogP contribution in [0.2, 0.25) is 0 Å². The van der Waals surface area contributed by atoms with Crippen LogP contribution >= 0.6 is 0 Å². The Morgan fingerprint density at radius 2 is 1.53 bits per heavy atom. The van der Waals surface area contributed by atoms with Gasteiger partial charge in [-0.1, -0.05) is 66.7 Å². The lowest BCUT2D eigenvalue weighted by Crippen LogP contribution is -2.14. The lowest BCUT2D eigenvalue weighted by molar-refractivity contribution is 0.102. The molecule has 0 saturated heterocycles. The molecule has 0 atom stereocenters. The molecule has 5 nitrogen and oxygen atoms in total. The summed E-state index contributed by atoms with van der Waals surface area (Å²) < 4.78 is 11.6. The lowest BCUT2D eigenvalue weighted by atomic mass is 10.0. The first-order valence-corrected chi connectivity index (χ1v) is 11.0. The summed E-state index contributed by atoms with van der Waals surface area (Å²) in [7, 11) is 1.59. The molecule has 4 aromatic carbocycles. The predicted molar refractivity (Wildman–Crippen MR) is 135 cm³/mol.